The SMILES string of the molecule is Cc1ccc(S(=O)(=O)N[C@H]2C[C@@H]3CC[C@@]2(C)C3(C)C)cc1. The molecular weight excluding hydrogens is 282 g/mol. The van der Waals surface area contributed by atoms with Gasteiger partial charge in [0.2, 0.25) is 10.0 Å². The monoisotopic (exact) mass is 307 g/mol. The fourth-order valence-corrected chi connectivity index (χ4v) is 5.72. The maximum Gasteiger partial charge on any atom is 0.240 e. The molecule has 1 N–H and O–H groups in total. The second-order valence-electron chi connectivity index (χ2n) is 7.60. The number of hydrogen-bond donors (Lipinski definition) is 1. The zero-order chi connectivity index (χ0) is 15.5. The van der Waals surface area contributed by atoms with Crippen LogP contribution in [-0.2, 0) is 10.0 Å². The van der Waals surface area contributed by atoms with Crippen LogP contribution in [0.25, 0.3) is 0 Å². The zero-order valence-corrected chi connectivity index (χ0v) is 14.1. The summed E-state index contributed by atoms with van der Waals surface area (Å²) in [4.78, 5) is 0.372. The number of nitrogens with one attached hydrogen (secondary N) is 1. The van der Waals surface area contributed by atoms with Crippen LogP contribution < -0.4 is 4.72 Å². The van der Waals surface area contributed by atoms with Gasteiger partial charge in [0.15, 0.2) is 0 Å². The van der Waals surface area contributed by atoms with Crippen molar-refractivity contribution in [3.8, 4) is 0 Å². The molecule has 4 heteroatoms. The Labute approximate surface area is 128 Å². The van der Waals surface area contributed by atoms with E-state index in [2.05, 4.69) is 25.5 Å². The van der Waals surface area contributed by atoms with Crippen LogP contribution in [0, 0.1) is 23.7 Å². The molecule has 116 valence electrons. The molecule has 3 rings (SSSR count). The van der Waals surface area contributed by atoms with Gasteiger partial charge in [-0.15, -0.1) is 0 Å². The predicted molar refractivity (Wildman–Crippen MR) is 84.5 cm³/mol. The van der Waals surface area contributed by atoms with E-state index in [0.717, 1.165) is 18.4 Å². The smallest absolute Gasteiger partial charge is 0.207 e. The van der Waals surface area contributed by atoms with Crippen molar-refractivity contribution < 1.29 is 8.42 Å². The summed E-state index contributed by atoms with van der Waals surface area (Å²) < 4.78 is 28.2. The molecular formula is C17H25NO2S. The molecule has 0 spiro atoms. The van der Waals surface area contributed by atoms with E-state index in [9.17, 15) is 8.42 Å². The quantitative estimate of drug-likeness (QED) is 0.929. The van der Waals surface area contributed by atoms with Gasteiger partial charge in [0, 0.05) is 6.04 Å². The van der Waals surface area contributed by atoms with Gasteiger partial charge in [-0.05, 0) is 55.1 Å². The van der Waals surface area contributed by atoms with Crippen molar-refractivity contribution >= 4 is 10.0 Å². The first-order chi connectivity index (χ1) is 9.67. The Morgan fingerprint density at radius 2 is 1.76 bits per heavy atom. The average molecular weight is 307 g/mol. The molecule has 1 aromatic carbocycles. The third kappa shape index (κ3) is 2.15. The molecule has 0 heterocycles. The first-order valence-electron chi connectivity index (χ1n) is 7.76. The lowest BCUT2D eigenvalue weighted by Crippen LogP contribution is -2.46. The normalized spacial score (nSPS) is 34.3. The number of hydrogen-bond acceptors (Lipinski definition) is 2. The van der Waals surface area contributed by atoms with E-state index < -0.39 is 10.0 Å². The van der Waals surface area contributed by atoms with Crippen molar-refractivity contribution in [1.29, 1.82) is 0 Å². The third-order valence-corrected chi connectivity index (χ3v) is 7.91. The minimum atomic E-state index is -3.42. The van der Waals surface area contributed by atoms with E-state index in [1.165, 1.54) is 6.42 Å². The van der Waals surface area contributed by atoms with Crippen LogP contribution in [0.15, 0.2) is 29.2 Å². The van der Waals surface area contributed by atoms with Crippen molar-refractivity contribution in [3.63, 3.8) is 0 Å². The van der Waals surface area contributed by atoms with E-state index >= 15 is 0 Å². The average Bonchev–Trinajstić information content (AvgIpc) is 2.72. The summed E-state index contributed by atoms with van der Waals surface area (Å²) in [5.74, 6) is 0.633. The second-order valence-corrected chi connectivity index (χ2v) is 9.31. The van der Waals surface area contributed by atoms with Crippen molar-refractivity contribution in [2.45, 2.75) is 57.9 Å². The first-order valence-corrected chi connectivity index (χ1v) is 9.24. The Hall–Kier alpha value is -0.870. The summed E-state index contributed by atoms with van der Waals surface area (Å²) >= 11 is 0. The fourth-order valence-electron chi connectivity index (χ4n) is 4.35. The highest BCUT2D eigenvalue weighted by molar-refractivity contribution is 7.89. The lowest BCUT2D eigenvalue weighted by Gasteiger charge is -2.39. The Balaban J connectivity index is 1.86. The van der Waals surface area contributed by atoms with E-state index in [-0.39, 0.29) is 16.9 Å². The van der Waals surface area contributed by atoms with Gasteiger partial charge in [0.1, 0.15) is 0 Å². The molecule has 0 amide bonds. The highest BCUT2D eigenvalue weighted by Gasteiger charge is 2.61. The molecule has 21 heavy (non-hydrogen) atoms. The largest absolute Gasteiger partial charge is 0.240 e. The number of aryl methyl sites for hydroxylation is 1. The number of sulfonamides is 1. The van der Waals surface area contributed by atoms with Crippen LogP contribution in [0.5, 0.6) is 0 Å². The van der Waals surface area contributed by atoms with Gasteiger partial charge in [-0.3, -0.25) is 0 Å². The van der Waals surface area contributed by atoms with Crippen LogP contribution in [0.1, 0.15) is 45.6 Å². The van der Waals surface area contributed by atoms with Crippen LogP contribution in [0.4, 0.5) is 0 Å². The van der Waals surface area contributed by atoms with Gasteiger partial charge >= 0.3 is 0 Å². The van der Waals surface area contributed by atoms with Gasteiger partial charge in [0.05, 0.1) is 4.90 Å². The summed E-state index contributed by atoms with van der Waals surface area (Å²) in [5, 5.41) is 0. The van der Waals surface area contributed by atoms with Crippen LogP contribution in [0.3, 0.4) is 0 Å². The summed E-state index contributed by atoms with van der Waals surface area (Å²) in [6.45, 7) is 8.81. The number of rotatable bonds is 3. The second kappa shape index (κ2) is 4.56. The van der Waals surface area contributed by atoms with E-state index in [1.807, 2.05) is 19.1 Å². The Kier molecular flexibility index (Phi) is 3.27. The maximum atomic E-state index is 12.6. The number of benzene rings is 1. The van der Waals surface area contributed by atoms with E-state index in [0.29, 0.717) is 10.8 Å². The van der Waals surface area contributed by atoms with Crippen molar-refractivity contribution in [3.05, 3.63) is 29.8 Å². The van der Waals surface area contributed by atoms with Gasteiger partial charge in [-0.1, -0.05) is 38.5 Å². The minimum Gasteiger partial charge on any atom is -0.207 e. The van der Waals surface area contributed by atoms with Gasteiger partial charge in [0.25, 0.3) is 0 Å². The molecule has 3 nitrogen and oxygen atoms in total. The molecule has 2 aliphatic carbocycles. The Morgan fingerprint density at radius 1 is 1.14 bits per heavy atom. The molecule has 0 aromatic heterocycles. The summed E-state index contributed by atoms with van der Waals surface area (Å²) in [6, 6.07) is 7.14. The lowest BCUT2D eigenvalue weighted by atomic mass is 9.69. The molecule has 2 bridgehead atoms. The summed E-state index contributed by atoms with van der Waals surface area (Å²) in [5.41, 5.74) is 1.35. The fraction of sp³-hybridized carbons (Fsp3) is 0.647. The van der Waals surface area contributed by atoms with Crippen molar-refractivity contribution in [2.24, 2.45) is 16.7 Å². The zero-order valence-electron chi connectivity index (χ0n) is 13.3. The molecule has 0 unspecified atom stereocenters. The van der Waals surface area contributed by atoms with Crippen LogP contribution >= 0.6 is 0 Å². The van der Waals surface area contributed by atoms with Crippen molar-refractivity contribution in [1.82, 2.24) is 4.72 Å². The summed E-state index contributed by atoms with van der Waals surface area (Å²) in [6.07, 6.45) is 3.31. The van der Waals surface area contributed by atoms with E-state index in [1.54, 1.807) is 12.1 Å². The highest BCUT2D eigenvalue weighted by atomic mass is 32.2. The van der Waals surface area contributed by atoms with Crippen molar-refractivity contribution in [2.75, 3.05) is 0 Å². The molecule has 0 aliphatic heterocycles. The summed E-state index contributed by atoms with van der Waals surface area (Å²) in [7, 11) is -3.42. The Bertz CT molecular complexity index is 648. The predicted octanol–water partition coefficient (Wildman–Crippen LogP) is 3.49. The van der Waals surface area contributed by atoms with Gasteiger partial charge in [-0.2, -0.15) is 0 Å². The van der Waals surface area contributed by atoms with Gasteiger partial charge in [-0.25, -0.2) is 13.1 Å². The molecule has 0 radical (unpaired) electrons. The third-order valence-electron chi connectivity index (χ3n) is 6.42. The maximum absolute atomic E-state index is 12.6. The van der Waals surface area contributed by atoms with Gasteiger partial charge < -0.3 is 0 Å². The molecule has 2 aliphatic rings. The highest BCUT2D eigenvalue weighted by Crippen LogP contribution is 2.65. The molecule has 0 saturated heterocycles. The Morgan fingerprint density at radius 3 is 2.24 bits per heavy atom. The van der Waals surface area contributed by atoms with E-state index in [4.69, 9.17) is 0 Å². The van der Waals surface area contributed by atoms with Crippen LogP contribution in [0.2, 0.25) is 0 Å². The standard InChI is InChI=1S/C17H25NO2S/c1-12-5-7-14(8-6-12)21(19,20)18-15-11-13-9-10-17(15,4)16(13,2)3/h5-8,13,15,18H,9-11H2,1-4H3/t13-,15-,17+/m0/s1. The van der Waals surface area contributed by atoms with Crippen LogP contribution in [-0.4, -0.2) is 14.5 Å². The number of fused-ring (bicyclic) bond motifs is 2. The molecule has 1 aromatic rings. The topological polar surface area (TPSA) is 46.2 Å². The minimum absolute atomic E-state index is 0.0533. The molecule has 2 saturated carbocycles. The lowest BCUT2D eigenvalue weighted by molar-refractivity contribution is 0.130. The molecule has 2 fully saturated rings. The molecule has 3 atom stereocenters. The first kappa shape index (κ1) is 15.0.